The van der Waals surface area contributed by atoms with Crippen LogP contribution >= 0.6 is 11.8 Å². The quantitative estimate of drug-likeness (QED) is 0.463. The first-order valence-electron chi connectivity index (χ1n) is 6.53. The number of ether oxygens (including phenoxy) is 1. The van der Waals surface area contributed by atoms with Crippen molar-refractivity contribution in [3.63, 3.8) is 0 Å². The van der Waals surface area contributed by atoms with E-state index < -0.39 is 4.92 Å². The maximum Gasteiger partial charge on any atom is 0.283 e. The van der Waals surface area contributed by atoms with Crippen molar-refractivity contribution >= 4 is 17.4 Å². The Labute approximate surface area is 132 Å². The van der Waals surface area contributed by atoms with E-state index in [4.69, 9.17) is 11.2 Å². The van der Waals surface area contributed by atoms with Crippen molar-refractivity contribution in [1.29, 1.82) is 0 Å². The van der Waals surface area contributed by atoms with Gasteiger partial charge in [0.2, 0.25) is 0 Å². The summed E-state index contributed by atoms with van der Waals surface area (Å²) in [5.74, 6) is 3.17. The zero-order chi connectivity index (χ0) is 16.1. The van der Waals surface area contributed by atoms with E-state index in [0.29, 0.717) is 22.2 Å². The van der Waals surface area contributed by atoms with E-state index >= 15 is 0 Å². The van der Waals surface area contributed by atoms with Crippen LogP contribution in [-0.2, 0) is 0 Å². The molecule has 22 heavy (non-hydrogen) atoms. The predicted octanol–water partition coefficient (Wildman–Crippen LogP) is 3.54. The first-order valence-corrected chi connectivity index (χ1v) is 7.35. The van der Waals surface area contributed by atoms with E-state index in [9.17, 15) is 10.1 Å². The molecule has 1 unspecified atom stereocenters. The third-order valence-corrected chi connectivity index (χ3v) is 4.13. The van der Waals surface area contributed by atoms with Gasteiger partial charge in [0, 0.05) is 37.0 Å². The fourth-order valence-electron chi connectivity index (χ4n) is 1.94. The first-order chi connectivity index (χ1) is 10.6. The molecule has 0 aliphatic rings. The van der Waals surface area contributed by atoms with Gasteiger partial charge >= 0.3 is 0 Å². The van der Waals surface area contributed by atoms with Crippen LogP contribution in [0.2, 0.25) is 0 Å². The summed E-state index contributed by atoms with van der Waals surface area (Å²) in [4.78, 5) is 15.5. The van der Waals surface area contributed by atoms with Crippen LogP contribution in [0.3, 0.4) is 0 Å². The number of hydrogen-bond acceptors (Lipinski definition) is 5. The third-order valence-electron chi connectivity index (χ3n) is 3.09. The van der Waals surface area contributed by atoms with Crippen LogP contribution in [0.1, 0.15) is 19.4 Å². The Morgan fingerprint density at radius 3 is 3.00 bits per heavy atom. The fraction of sp³-hybridized carbons (Fsp3) is 0.267. The van der Waals surface area contributed by atoms with Crippen molar-refractivity contribution in [3.05, 3.63) is 40.7 Å². The smallest absolute Gasteiger partial charge is 0.283 e. The maximum atomic E-state index is 11.2. The van der Waals surface area contributed by atoms with E-state index in [2.05, 4.69) is 10.9 Å². The molecule has 0 bridgehead atoms. The van der Waals surface area contributed by atoms with Crippen LogP contribution in [0.25, 0.3) is 0 Å². The summed E-state index contributed by atoms with van der Waals surface area (Å²) in [6, 6.07) is 4.70. The zero-order valence-electron chi connectivity index (χ0n) is 12.2. The molecule has 0 aliphatic heterocycles. The average Bonchev–Trinajstić information content (AvgIpc) is 2.95. The normalized spacial score (nSPS) is 11.7. The van der Waals surface area contributed by atoms with Crippen molar-refractivity contribution < 1.29 is 9.66 Å². The molecular weight excluding hydrogens is 302 g/mol. The molecule has 2 rings (SSSR count). The number of aromatic nitrogens is 2. The van der Waals surface area contributed by atoms with Crippen molar-refractivity contribution in [2.24, 2.45) is 0 Å². The molecule has 0 spiro atoms. The maximum absolute atomic E-state index is 11.2. The highest BCUT2D eigenvalue weighted by molar-refractivity contribution is 7.99. The summed E-state index contributed by atoms with van der Waals surface area (Å²) in [7, 11) is 1.52. The summed E-state index contributed by atoms with van der Waals surface area (Å²) in [6.07, 6.45) is 9.37. The van der Waals surface area contributed by atoms with Crippen LogP contribution in [-0.4, -0.2) is 21.6 Å². The van der Waals surface area contributed by atoms with Crippen molar-refractivity contribution in [1.82, 2.24) is 9.55 Å². The lowest BCUT2D eigenvalue weighted by atomic mass is 10.2. The summed E-state index contributed by atoms with van der Waals surface area (Å²) in [5.41, 5.74) is 0.0185. The number of rotatable bonds is 6. The molecule has 2 aromatic rings. The first kappa shape index (κ1) is 15.9. The Bertz CT molecular complexity index is 721. The molecule has 7 heteroatoms. The van der Waals surface area contributed by atoms with Gasteiger partial charge in [-0.15, -0.1) is 12.3 Å². The lowest BCUT2D eigenvalue weighted by Gasteiger charge is -2.13. The van der Waals surface area contributed by atoms with Gasteiger partial charge < -0.3 is 9.30 Å². The van der Waals surface area contributed by atoms with Gasteiger partial charge in [0.15, 0.2) is 5.16 Å². The summed E-state index contributed by atoms with van der Waals surface area (Å²) < 4.78 is 7.05. The van der Waals surface area contributed by atoms with Gasteiger partial charge in [0.05, 0.1) is 16.9 Å². The molecule has 1 aromatic heterocycles. The van der Waals surface area contributed by atoms with Crippen molar-refractivity contribution in [3.8, 4) is 18.1 Å². The van der Waals surface area contributed by atoms with Gasteiger partial charge in [-0.05, 0) is 24.8 Å². The molecule has 114 valence electrons. The number of hydrogen-bond donors (Lipinski definition) is 0. The third kappa shape index (κ3) is 3.40. The van der Waals surface area contributed by atoms with Gasteiger partial charge in [0.25, 0.3) is 5.69 Å². The largest absolute Gasteiger partial charge is 0.497 e. The van der Waals surface area contributed by atoms with Crippen LogP contribution < -0.4 is 4.74 Å². The Balaban J connectivity index is 2.37. The van der Waals surface area contributed by atoms with Gasteiger partial charge in [-0.1, -0.05) is 0 Å². The number of nitrogens with zero attached hydrogens (tertiary/aromatic N) is 3. The minimum Gasteiger partial charge on any atom is -0.497 e. The topological polar surface area (TPSA) is 70.2 Å². The van der Waals surface area contributed by atoms with Crippen LogP contribution in [0, 0.1) is 22.5 Å². The Kier molecular flexibility index (Phi) is 5.07. The van der Waals surface area contributed by atoms with Crippen molar-refractivity contribution in [2.45, 2.75) is 29.4 Å². The molecule has 1 aromatic carbocycles. The highest BCUT2D eigenvalue weighted by Gasteiger charge is 2.19. The molecule has 0 amide bonds. The molecule has 6 nitrogen and oxygen atoms in total. The predicted molar refractivity (Wildman–Crippen MR) is 84.2 cm³/mol. The summed E-state index contributed by atoms with van der Waals surface area (Å²) >= 11 is 1.22. The van der Waals surface area contributed by atoms with Crippen molar-refractivity contribution in [2.75, 3.05) is 7.11 Å². The molecule has 1 atom stereocenters. The molecule has 0 aliphatic carbocycles. The highest BCUT2D eigenvalue weighted by Crippen LogP contribution is 2.37. The Morgan fingerprint density at radius 2 is 2.36 bits per heavy atom. The Hall–Kier alpha value is -2.46. The van der Waals surface area contributed by atoms with Crippen LogP contribution in [0.15, 0.2) is 40.6 Å². The zero-order valence-corrected chi connectivity index (χ0v) is 13.0. The van der Waals surface area contributed by atoms with Crippen LogP contribution in [0.5, 0.6) is 5.75 Å². The second-order valence-electron chi connectivity index (χ2n) is 4.57. The second-order valence-corrected chi connectivity index (χ2v) is 5.58. The number of nitro benzene ring substituents is 1. The monoisotopic (exact) mass is 317 g/mol. The minimum absolute atomic E-state index is 0.0185. The standard InChI is InChI=1S/C15H15N3O3S/c1-4-5-11(2)17-9-8-16-15(17)22-14-10-12(21-3)6-7-13(14)18(19)20/h1,6-11H,5H2,2-3H3. The van der Waals surface area contributed by atoms with Gasteiger partial charge in [-0.3, -0.25) is 10.1 Å². The SMILES string of the molecule is C#CCC(C)n1ccnc1Sc1cc(OC)ccc1[N+](=O)[O-]. The van der Waals surface area contributed by atoms with Crippen LogP contribution in [0.4, 0.5) is 5.69 Å². The fourth-order valence-corrected chi connectivity index (χ4v) is 3.01. The molecule has 0 saturated heterocycles. The van der Waals surface area contributed by atoms with E-state index in [-0.39, 0.29) is 11.7 Å². The lowest BCUT2D eigenvalue weighted by molar-refractivity contribution is -0.387. The molecule has 0 radical (unpaired) electrons. The number of methoxy groups -OCH3 is 1. The summed E-state index contributed by atoms with van der Waals surface area (Å²) in [5, 5.41) is 11.8. The van der Waals surface area contributed by atoms with E-state index in [1.807, 2.05) is 17.7 Å². The minimum atomic E-state index is -0.417. The second kappa shape index (κ2) is 7.00. The van der Waals surface area contributed by atoms with Gasteiger partial charge in [-0.25, -0.2) is 4.98 Å². The number of nitro groups is 1. The number of terminal acetylenes is 1. The summed E-state index contributed by atoms with van der Waals surface area (Å²) in [6.45, 7) is 1.98. The molecule has 1 heterocycles. The number of benzene rings is 1. The molecular formula is C15H15N3O3S. The lowest BCUT2D eigenvalue weighted by Crippen LogP contribution is -2.04. The van der Waals surface area contributed by atoms with E-state index in [0.717, 1.165) is 0 Å². The molecule has 0 fully saturated rings. The van der Waals surface area contributed by atoms with Gasteiger partial charge in [0.1, 0.15) is 5.75 Å². The molecule has 0 N–H and O–H groups in total. The number of imidazole rings is 1. The molecule has 0 saturated carbocycles. The van der Waals surface area contributed by atoms with E-state index in [1.165, 1.54) is 24.9 Å². The highest BCUT2D eigenvalue weighted by atomic mass is 32.2. The Morgan fingerprint density at radius 1 is 1.59 bits per heavy atom. The van der Waals surface area contributed by atoms with Gasteiger partial charge in [-0.2, -0.15) is 0 Å². The average molecular weight is 317 g/mol. The van der Waals surface area contributed by atoms with E-state index in [1.54, 1.807) is 18.3 Å².